The summed E-state index contributed by atoms with van der Waals surface area (Å²) in [7, 11) is 0. The number of aliphatic hydroxyl groups is 1. The average molecular weight is 129 g/mol. The van der Waals surface area contributed by atoms with E-state index in [4.69, 9.17) is 5.11 Å². The van der Waals surface area contributed by atoms with Crippen molar-refractivity contribution < 1.29 is 9.90 Å². The van der Waals surface area contributed by atoms with E-state index in [1.807, 2.05) is 13.8 Å². The molecule has 1 atom stereocenters. The molecule has 2 nitrogen and oxygen atoms in total. The largest absolute Gasteiger partial charge is 0.393 e. The van der Waals surface area contributed by atoms with Gasteiger partial charge in [-0.2, -0.15) is 0 Å². The SMILES string of the molecule is CC(C)CC(O)C[C]=O. The van der Waals surface area contributed by atoms with Crippen LogP contribution in [-0.4, -0.2) is 17.5 Å². The van der Waals surface area contributed by atoms with Crippen LogP contribution in [0, 0.1) is 5.92 Å². The van der Waals surface area contributed by atoms with Gasteiger partial charge in [-0.25, -0.2) is 0 Å². The van der Waals surface area contributed by atoms with Crippen molar-refractivity contribution in [3.8, 4) is 0 Å². The molecular weight excluding hydrogens is 116 g/mol. The molecule has 2 heteroatoms. The highest BCUT2D eigenvalue weighted by Gasteiger charge is 2.04. The maximum absolute atomic E-state index is 9.71. The minimum atomic E-state index is -0.484. The molecule has 0 aliphatic heterocycles. The first-order valence-corrected chi connectivity index (χ1v) is 3.20. The van der Waals surface area contributed by atoms with Crippen molar-refractivity contribution in [2.24, 2.45) is 5.92 Å². The van der Waals surface area contributed by atoms with E-state index in [2.05, 4.69) is 0 Å². The summed E-state index contributed by atoms with van der Waals surface area (Å²) in [4.78, 5) is 9.71. The smallest absolute Gasteiger partial charge is 0.201 e. The first-order valence-electron chi connectivity index (χ1n) is 3.20. The van der Waals surface area contributed by atoms with Crippen LogP contribution in [0.4, 0.5) is 0 Å². The summed E-state index contributed by atoms with van der Waals surface area (Å²) in [5.74, 6) is 0.452. The standard InChI is InChI=1S/C7H13O2/c1-6(2)5-7(9)3-4-8/h6-7,9H,3,5H2,1-2H3. The van der Waals surface area contributed by atoms with E-state index in [-0.39, 0.29) is 6.42 Å². The number of rotatable bonds is 4. The van der Waals surface area contributed by atoms with Crippen LogP contribution in [0.5, 0.6) is 0 Å². The lowest BCUT2D eigenvalue weighted by atomic mass is 10.0. The van der Waals surface area contributed by atoms with E-state index in [9.17, 15) is 4.79 Å². The predicted octanol–water partition coefficient (Wildman–Crippen LogP) is 0.893. The first-order chi connectivity index (χ1) is 4.16. The van der Waals surface area contributed by atoms with Gasteiger partial charge in [0.25, 0.3) is 0 Å². The van der Waals surface area contributed by atoms with Gasteiger partial charge in [0.15, 0.2) is 0 Å². The minimum absolute atomic E-state index is 0.151. The lowest BCUT2D eigenvalue weighted by molar-refractivity contribution is 0.155. The Kier molecular flexibility index (Phi) is 4.32. The molecule has 0 rings (SSSR count). The Bertz CT molecular complexity index is 79.0. The number of hydrogen-bond donors (Lipinski definition) is 1. The number of hydrogen-bond acceptors (Lipinski definition) is 2. The van der Waals surface area contributed by atoms with Crippen LogP contribution in [-0.2, 0) is 4.79 Å². The zero-order valence-electron chi connectivity index (χ0n) is 5.92. The Hall–Kier alpha value is -0.370. The third-order valence-corrected chi connectivity index (χ3v) is 1.06. The zero-order chi connectivity index (χ0) is 7.28. The number of carbonyl (C=O) groups excluding carboxylic acids is 1. The van der Waals surface area contributed by atoms with Crippen LogP contribution >= 0.6 is 0 Å². The van der Waals surface area contributed by atoms with Gasteiger partial charge >= 0.3 is 0 Å². The molecule has 0 saturated carbocycles. The molecule has 0 aromatic carbocycles. The van der Waals surface area contributed by atoms with E-state index < -0.39 is 6.10 Å². The molecule has 0 amide bonds. The maximum Gasteiger partial charge on any atom is 0.201 e. The fourth-order valence-electron chi connectivity index (χ4n) is 0.724. The first kappa shape index (κ1) is 8.63. The molecule has 0 bridgehead atoms. The summed E-state index contributed by atoms with van der Waals surface area (Å²) >= 11 is 0. The highest BCUT2D eigenvalue weighted by atomic mass is 16.3. The molecule has 0 fully saturated rings. The van der Waals surface area contributed by atoms with Crippen molar-refractivity contribution in [3.05, 3.63) is 0 Å². The van der Waals surface area contributed by atoms with Gasteiger partial charge in [-0.1, -0.05) is 13.8 Å². The summed E-state index contributed by atoms with van der Waals surface area (Å²) < 4.78 is 0. The van der Waals surface area contributed by atoms with E-state index in [0.29, 0.717) is 12.3 Å². The van der Waals surface area contributed by atoms with Gasteiger partial charge in [0.2, 0.25) is 6.29 Å². The Morgan fingerprint density at radius 1 is 1.56 bits per heavy atom. The average Bonchev–Trinajstić information content (AvgIpc) is 1.63. The maximum atomic E-state index is 9.71. The number of aliphatic hydroxyl groups excluding tert-OH is 1. The van der Waals surface area contributed by atoms with Gasteiger partial charge in [-0.05, 0) is 12.3 Å². The Morgan fingerprint density at radius 3 is 2.44 bits per heavy atom. The van der Waals surface area contributed by atoms with Gasteiger partial charge in [0.05, 0.1) is 6.10 Å². The van der Waals surface area contributed by atoms with Crippen molar-refractivity contribution >= 4 is 6.29 Å². The molecule has 1 radical (unpaired) electrons. The van der Waals surface area contributed by atoms with Crippen LogP contribution in [0.1, 0.15) is 26.7 Å². The highest BCUT2D eigenvalue weighted by Crippen LogP contribution is 2.05. The summed E-state index contributed by atoms with van der Waals surface area (Å²) in [6.45, 7) is 4.02. The Morgan fingerprint density at radius 2 is 2.11 bits per heavy atom. The van der Waals surface area contributed by atoms with Gasteiger partial charge in [-0.15, -0.1) is 0 Å². The fraction of sp³-hybridized carbons (Fsp3) is 0.857. The van der Waals surface area contributed by atoms with Gasteiger partial charge in [-0.3, -0.25) is 4.79 Å². The molecule has 1 unspecified atom stereocenters. The van der Waals surface area contributed by atoms with Crippen molar-refractivity contribution in [1.29, 1.82) is 0 Å². The second-order valence-electron chi connectivity index (χ2n) is 2.63. The van der Waals surface area contributed by atoms with E-state index >= 15 is 0 Å². The van der Waals surface area contributed by atoms with Crippen molar-refractivity contribution in [2.75, 3.05) is 0 Å². The van der Waals surface area contributed by atoms with Crippen LogP contribution in [0.25, 0.3) is 0 Å². The Labute approximate surface area is 55.9 Å². The third kappa shape index (κ3) is 5.50. The zero-order valence-corrected chi connectivity index (χ0v) is 5.92. The van der Waals surface area contributed by atoms with Gasteiger partial charge in [0, 0.05) is 6.42 Å². The van der Waals surface area contributed by atoms with Crippen LogP contribution in [0.15, 0.2) is 0 Å². The van der Waals surface area contributed by atoms with E-state index in [0.717, 1.165) is 0 Å². The molecule has 0 heterocycles. The molecule has 0 spiro atoms. The minimum Gasteiger partial charge on any atom is -0.393 e. The van der Waals surface area contributed by atoms with Gasteiger partial charge < -0.3 is 5.11 Å². The molecule has 0 aliphatic carbocycles. The van der Waals surface area contributed by atoms with E-state index in [1.165, 1.54) is 0 Å². The molecule has 0 aromatic rings. The van der Waals surface area contributed by atoms with Gasteiger partial charge in [0.1, 0.15) is 0 Å². The molecule has 53 valence electrons. The lowest BCUT2D eigenvalue weighted by Gasteiger charge is -2.07. The molecular formula is C7H13O2. The molecule has 0 saturated heterocycles. The van der Waals surface area contributed by atoms with Crippen molar-refractivity contribution in [3.63, 3.8) is 0 Å². The molecule has 0 aromatic heterocycles. The summed E-state index contributed by atoms with van der Waals surface area (Å²) in [6.07, 6.45) is 2.03. The van der Waals surface area contributed by atoms with E-state index in [1.54, 1.807) is 6.29 Å². The normalized spacial score (nSPS) is 13.8. The topological polar surface area (TPSA) is 37.3 Å². The van der Waals surface area contributed by atoms with Crippen molar-refractivity contribution in [2.45, 2.75) is 32.8 Å². The molecule has 9 heavy (non-hydrogen) atoms. The van der Waals surface area contributed by atoms with Crippen LogP contribution < -0.4 is 0 Å². The second-order valence-corrected chi connectivity index (χ2v) is 2.63. The van der Waals surface area contributed by atoms with Crippen LogP contribution in [0.3, 0.4) is 0 Å². The molecule has 1 N–H and O–H groups in total. The monoisotopic (exact) mass is 129 g/mol. The Balaban J connectivity index is 3.25. The fourth-order valence-corrected chi connectivity index (χ4v) is 0.724. The quantitative estimate of drug-likeness (QED) is 0.612. The van der Waals surface area contributed by atoms with Crippen LogP contribution in [0.2, 0.25) is 0 Å². The second kappa shape index (κ2) is 4.50. The summed E-state index contributed by atoms with van der Waals surface area (Å²) in [5, 5.41) is 8.96. The highest BCUT2D eigenvalue weighted by molar-refractivity contribution is 5.51. The summed E-state index contributed by atoms with van der Waals surface area (Å²) in [5.41, 5.74) is 0. The van der Waals surface area contributed by atoms with Crippen molar-refractivity contribution in [1.82, 2.24) is 0 Å². The predicted molar refractivity (Wildman–Crippen MR) is 35.8 cm³/mol. The lowest BCUT2D eigenvalue weighted by Crippen LogP contribution is -2.09. The molecule has 0 aliphatic rings. The summed E-state index contributed by atoms with van der Waals surface area (Å²) in [6, 6.07) is 0. The third-order valence-electron chi connectivity index (χ3n) is 1.06.